The molecule has 1 aromatic heterocycles. The minimum atomic E-state index is -0.974. The largest absolute Gasteiger partial charge is 0.503 e. The molecule has 182 valence electrons. The molecule has 3 aromatic carbocycles. The number of benzene rings is 3. The lowest BCUT2D eigenvalue weighted by atomic mass is 10.1. The van der Waals surface area contributed by atoms with Gasteiger partial charge >= 0.3 is 6.03 Å². The first-order valence-electron chi connectivity index (χ1n) is 10.4. The van der Waals surface area contributed by atoms with Crippen LogP contribution in [0.3, 0.4) is 0 Å². The van der Waals surface area contributed by atoms with Crippen LogP contribution in [0.4, 0.5) is 35.0 Å². The fourth-order valence-corrected chi connectivity index (χ4v) is 3.31. The van der Waals surface area contributed by atoms with E-state index in [4.69, 9.17) is 27.6 Å². The number of fused-ring (bicyclic) bond motifs is 1. The van der Waals surface area contributed by atoms with Crippen molar-refractivity contribution in [2.24, 2.45) is 0 Å². The third-order valence-electron chi connectivity index (χ3n) is 4.83. The highest BCUT2D eigenvalue weighted by Crippen LogP contribution is 2.37. The molecule has 2 amide bonds. The monoisotopic (exact) mass is 512 g/mol. The lowest BCUT2D eigenvalue weighted by Crippen LogP contribution is -2.20. The van der Waals surface area contributed by atoms with Gasteiger partial charge in [-0.3, -0.25) is 4.98 Å². The number of carbonyl (C=O) groups is 1. The Labute approximate surface area is 208 Å². The van der Waals surface area contributed by atoms with Crippen LogP contribution in [0.15, 0.2) is 60.8 Å². The Morgan fingerprint density at radius 1 is 0.972 bits per heavy atom. The molecular weight excluding hydrogens is 497 g/mol. The van der Waals surface area contributed by atoms with Gasteiger partial charge in [0.25, 0.3) is 0 Å². The molecule has 0 aliphatic carbocycles. The third-order valence-corrected chi connectivity index (χ3v) is 4.99. The Morgan fingerprint density at radius 2 is 1.69 bits per heavy atom. The first-order valence-corrected chi connectivity index (χ1v) is 10.9. The molecule has 11 heteroatoms. The van der Waals surface area contributed by atoms with Crippen molar-refractivity contribution in [3.8, 4) is 17.2 Å². The zero-order valence-corrected chi connectivity index (χ0v) is 19.1. The van der Waals surface area contributed by atoms with Crippen molar-refractivity contribution in [1.29, 1.82) is 0 Å². The zero-order chi connectivity index (χ0) is 25.7. The molecule has 0 fully saturated rings. The average Bonchev–Trinajstić information content (AvgIpc) is 2.85. The standard InChI is InChI=1S/C25H16ClF3N4O3/c1-30-22-12-16-21(13-24(22)35-9-7-26)31-8-6-23(16)36-15-3-5-20(18(29)11-15)33-25(34)32-19-4-2-14(27)10-17(19)28/h2-6,8,10-13H,7,9H2,(H2,32,33,34). The highest BCUT2D eigenvalue weighted by molar-refractivity contribution is 6.18. The molecule has 1 heterocycles. The number of halogens is 4. The number of urea groups is 1. The molecular formula is C25H16ClF3N4O3. The van der Waals surface area contributed by atoms with Crippen LogP contribution in [0.2, 0.25) is 0 Å². The van der Waals surface area contributed by atoms with Gasteiger partial charge in [-0.2, -0.15) is 0 Å². The summed E-state index contributed by atoms with van der Waals surface area (Å²) in [5, 5.41) is 4.93. The van der Waals surface area contributed by atoms with Crippen LogP contribution in [0.1, 0.15) is 0 Å². The Morgan fingerprint density at radius 3 is 2.36 bits per heavy atom. The van der Waals surface area contributed by atoms with E-state index < -0.39 is 23.5 Å². The number of rotatable bonds is 7. The first kappa shape index (κ1) is 24.6. The van der Waals surface area contributed by atoms with Gasteiger partial charge in [0.15, 0.2) is 0 Å². The molecule has 0 bridgehead atoms. The van der Waals surface area contributed by atoms with Crippen molar-refractivity contribution in [2.75, 3.05) is 23.1 Å². The molecule has 0 spiro atoms. The average molecular weight is 513 g/mol. The van der Waals surface area contributed by atoms with Crippen LogP contribution in [0.25, 0.3) is 15.7 Å². The minimum absolute atomic E-state index is 0.113. The molecule has 4 aromatic rings. The van der Waals surface area contributed by atoms with E-state index in [0.717, 1.165) is 18.2 Å². The molecule has 0 aliphatic heterocycles. The molecule has 36 heavy (non-hydrogen) atoms. The topological polar surface area (TPSA) is 76.8 Å². The summed E-state index contributed by atoms with van der Waals surface area (Å²) in [6, 6.07) is 10.1. The quantitative estimate of drug-likeness (QED) is 0.202. The predicted octanol–water partition coefficient (Wildman–Crippen LogP) is 7.26. The van der Waals surface area contributed by atoms with Crippen molar-refractivity contribution < 1.29 is 27.4 Å². The van der Waals surface area contributed by atoms with Gasteiger partial charge in [-0.05, 0) is 42.5 Å². The Hall–Kier alpha value is -4.49. The second kappa shape index (κ2) is 10.8. The van der Waals surface area contributed by atoms with Crippen LogP contribution in [-0.4, -0.2) is 23.5 Å². The molecule has 0 radical (unpaired) electrons. The second-order valence-corrected chi connectivity index (χ2v) is 7.62. The number of hydrogen-bond acceptors (Lipinski definition) is 4. The predicted molar refractivity (Wildman–Crippen MR) is 130 cm³/mol. The SMILES string of the molecule is [C-]#[N+]c1cc2c(Oc3ccc(NC(=O)Nc4ccc(F)cc4F)c(F)c3)ccnc2cc1OCCCl. The molecule has 0 unspecified atom stereocenters. The molecule has 2 N–H and O–H groups in total. The summed E-state index contributed by atoms with van der Waals surface area (Å²) in [5.74, 6) is -1.57. The van der Waals surface area contributed by atoms with Crippen molar-refractivity contribution in [3.63, 3.8) is 0 Å². The van der Waals surface area contributed by atoms with Gasteiger partial charge in [0.1, 0.15) is 34.7 Å². The van der Waals surface area contributed by atoms with E-state index in [1.807, 2.05) is 0 Å². The fraction of sp³-hybridized carbons (Fsp3) is 0.0800. The van der Waals surface area contributed by atoms with Crippen LogP contribution in [0.5, 0.6) is 17.2 Å². The number of nitrogens with zero attached hydrogens (tertiary/aromatic N) is 2. The van der Waals surface area contributed by atoms with E-state index in [1.54, 1.807) is 18.2 Å². The van der Waals surface area contributed by atoms with Crippen molar-refractivity contribution in [1.82, 2.24) is 4.98 Å². The third kappa shape index (κ3) is 5.59. The summed E-state index contributed by atoms with van der Waals surface area (Å²) in [7, 11) is 0. The van der Waals surface area contributed by atoms with E-state index in [2.05, 4.69) is 20.5 Å². The summed E-state index contributed by atoms with van der Waals surface area (Å²) < 4.78 is 52.7. The molecule has 4 rings (SSSR count). The summed E-state index contributed by atoms with van der Waals surface area (Å²) in [6.45, 7) is 7.64. The Kier molecular flexibility index (Phi) is 7.42. The Balaban J connectivity index is 1.52. The van der Waals surface area contributed by atoms with E-state index in [1.165, 1.54) is 18.3 Å². The van der Waals surface area contributed by atoms with Gasteiger partial charge < -0.3 is 20.1 Å². The fourth-order valence-electron chi connectivity index (χ4n) is 3.23. The maximum atomic E-state index is 14.7. The molecule has 0 saturated carbocycles. The minimum Gasteiger partial charge on any atom is -0.503 e. The van der Waals surface area contributed by atoms with E-state index in [9.17, 15) is 18.0 Å². The van der Waals surface area contributed by atoms with Crippen molar-refractivity contribution in [3.05, 3.63) is 89.7 Å². The van der Waals surface area contributed by atoms with Gasteiger partial charge in [-0.15, -0.1) is 11.6 Å². The van der Waals surface area contributed by atoms with Crippen LogP contribution < -0.4 is 20.1 Å². The molecule has 0 saturated heterocycles. The van der Waals surface area contributed by atoms with E-state index in [0.29, 0.717) is 28.5 Å². The lowest BCUT2D eigenvalue weighted by Gasteiger charge is -2.13. The number of alkyl halides is 1. The maximum absolute atomic E-state index is 14.7. The number of ether oxygens (including phenoxy) is 2. The van der Waals surface area contributed by atoms with Crippen molar-refractivity contribution >= 4 is 45.6 Å². The van der Waals surface area contributed by atoms with Gasteiger partial charge in [-0.1, -0.05) is 0 Å². The Bertz CT molecular complexity index is 1490. The lowest BCUT2D eigenvalue weighted by molar-refractivity contribution is 0.262. The van der Waals surface area contributed by atoms with Gasteiger partial charge in [0, 0.05) is 23.7 Å². The number of pyridine rings is 1. The summed E-state index contributed by atoms with van der Waals surface area (Å²) in [5.41, 5.74) is 0.264. The number of hydrogen-bond donors (Lipinski definition) is 2. The molecule has 7 nitrogen and oxygen atoms in total. The van der Waals surface area contributed by atoms with Gasteiger partial charge in [-0.25, -0.2) is 22.8 Å². The molecule has 0 atom stereocenters. The summed E-state index contributed by atoms with van der Waals surface area (Å²) in [4.78, 5) is 19.8. The van der Waals surface area contributed by atoms with Crippen LogP contribution in [0, 0.1) is 24.0 Å². The normalized spacial score (nSPS) is 10.5. The number of nitrogens with one attached hydrogen (secondary N) is 2. The highest BCUT2D eigenvalue weighted by Gasteiger charge is 2.14. The van der Waals surface area contributed by atoms with E-state index >= 15 is 0 Å². The zero-order valence-electron chi connectivity index (χ0n) is 18.3. The first-order chi connectivity index (χ1) is 17.4. The van der Waals surface area contributed by atoms with Crippen LogP contribution in [-0.2, 0) is 0 Å². The van der Waals surface area contributed by atoms with Gasteiger partial charge in [0.2, 0.25) is 5.69 Å². The smallest absolute Gasteiger partial charge is 0.323 e. The number of aromatic nitrogens is 1. The summed E-state index contributed by atoms with van der Waals surface area (Å²) >= 11 is 5.66. The molecule has 0 aliphatic rings. The second-order valence-electron chi connectivity index (χ2n) is 7.24. The van der Waals surface area contributed by atoms with Crippen LogP contribution >= 0.6 is 11.6 Å². The maximum Gasteiger partial charge on any atom is 0.323 e. The highest BCUT2D eigenvalue weighted by atomic mass is 35.5. The summed E-state index contributed by atoms with van der Waals surface area (Å²) in [6.07, 6.45) is 1.49. The number of carbonyl (C=O) groups excluding carboxylic acids is 1. The number of anilines is 2. The van der Waals surface area contributed by atoms with Gasteiger partial charge in [0.05, 0.1) is 36.0 Å². The van der Waals surface area contributed by atoms with Crippen molar-refractivity contribution in [2.45, 2.75) is 0 Å². The number of amides is 2. The van der Waals surface area contributed by atoms with E-state index in [-0.39, 0.29) is 35.3 Å².